The van der Waals surface area contributed by atoms with Crippen molar-refractivity contribution >= 4 is 34.6 Å². The van der Waals surface area contributed by atoms with Crippen molar-refractivity contribution in [3.8, 4) is 17.0 Å². The molecule has 5 aromatic rings. The molecule has 0 unspecified atom stereocenters. The number of para-hydroxylation sites is 2. The smallest absolute Gasteiger partial charge is 0.272 e. The van der Waals surface area contributed by atoms with Crippen LogP contribution in [0.2, 0.25) is 5.02 Å². The van der Waals surface area contributed by atoms with Gasteiger partial charge in [-0.15, -0.1) is 0 Å². The first-order chi connectivity index (χ1) is 17.7. The lowest BCUT2D eigenvalue weighted by atomic mass is 10.0. The number of fused-ring (bicyclic) bond motifs is 1. The van der Waals surface area contributed by atoms with Crippen molar-refractivity contribution < 1.29 is 9.53 Å². The topological polar surface area (TPSA) is 63.6 Å². The molecule has 36 heavy (non-hydrogen) atoms. The summed E-state index contributed by atoms with van der Waals surface area (Å²) in [4.78, 5) is 17.9. The van der Waals surface area contributed by atoms with Crippen LogP contribution in [-0.4, -0.2) is 17.1 Å². The monoisotopic (exact) mass is 491 g/mol. The van der Waals surface area contributed by atoms with Crippen molar-refractivity contribution in [1.82, 2.24) is 10.4 Å². The molecule has 5 nitrogen and oxygen atoms in total. The molecule has 0 atom stereocenters. The predicted molar refractivity (Wildman–Crippen MR) is 144 cm³/mol. The number of carbonyl (C=O) groups excluding carboxylic acids is 1. The first-order valence-electron chi connectivity index (χ1n) is 11.4. The SMILES string of the molecule is O=C(N/N=C\c1ccccc1OCc1cccc(Cl)c1)c1cc(-c2ccccc2)nc2ccccc12. The number of amides is 1. The van der Waals surface area contributed by atoms with Gasteiger partial charge >= 0.3 is 0 Å². The van der Waals surface area contributed by atoms with Gasteiger partial charge in [0.2, 0.25) is 0 Å². The number of hydrogen-bond acceptors (Lipinski definition) is 4. The summed E-state index contributed by atoms with van der Waals surface area (Å²) in [6, 6.07) is 34.2. The normalized spacial score (nSPS) is 11.0. The number of aromatic nitrogens is 1. The van der Waals surface area contributed by atoms with Crippen molar-refractivity contribution in [3.63, 3.8) is 0 Å². The average Bonchev–Trinajstić information content (AvgIpc) is 2.92. The number of hydrazone groups is 1. The minimum Gasteiger partial charge on any atom is -0.488 e. The van der Waals surface area contributed by atoms with E-state index in [0.29, 0.717) is 22.9 Å². The molecule has 0 spiro atoms. The van der Waals surface area contributed by atoms with E-state index in [-0.39, 0.29) is 5.91 Å². The summed E-state index contributed by atoms with van der Waals surface area (Å²) in [5.74, 6) is 0.329. The lowest BCUT2D eigenvalue weighted by molar-refractivity contribution is 0.0956. The maximum atomic E-state index is 13.2. The van der Waals surface area contributed by atoms with Crippen LogP contribution in [0.4, 0.5) is 0 Å². The Bertz CT molecular complexity index is 1550. The van der Waals surface area contributed by atoms with Crippen LogP contribution in [0.5, 0.6) is 5.75 Å². The molecule has 1 N–H and O–H groups in total. The fourth-order valence-corrected chi connectivity index (χ4v) is 4.06. The fourth-order valence-electron chi connectivity index (χ4n) is 3.85. The minimum atomic E-state index is -0.320. The van der Waals surface area contributed by atoms with Crippen LogP contribution >= 0.6 is 11.6 Å². The number of rotatable bonds is 7. The number of nitrogens with zero attached hydrogens (tertiary/aromatic N) is 2. The largest absolute Gasteiger partial charge is 0.488 e. The molecule has 0 aliphatic carbocycles. The molecule has 1 amide bonds. The summed E-state index contributed by atoms with van der Waals surface area (Å²) in [5, 5.41) is 5.63. The van der Waals surface area contributed by atoms with E-state index in [4.69, 9.17) is 21.3 Å². The third-order valence-corrected chi connectivity index (χ3v) is 5.84. The molecule has 176 valence electrons. The van der Waals surface area contributed by atoms with Gasteiger partial charge in [0.15, 0.2) is 0 Å². The summed E-state index contributed by atoms with van der Waals surface area (Å²) in [6.07, 6.45) is 1.58. The molecule has 0 radical (unpaired) electrons. The maximum absolute atomic E-state index is 13.2. The number of hydrogen-bond donors (Lipinski definition) is 1. The third kappa shape index (κ3) is 5.43. The summed E-state index contributed by atoms with van der Waals surface area (Å²) in [5.41, 5.74) is 7.26. The Morgan fingerprint density at radius 2 is 1.67 bits per heavy atom. The summed E-state index contributed by atoms with van der Waals surface area (Å²) < 4.78 is 5.97. The van der Waals surface area contributed by atoms with Crippen LogP contribution < -0.4 is 10.2 Å². The molecule has 0 saturated carbocycles. The van der Waals surface area contributed by atoms with Crippen LogP contribution in [0, 0.1) is 0 Å². The van der Waals surface area contributed by atoms with Gasteiger partial charge in [-0.1, -0.05) is 84.4 Å². The van der Waals surface area contributed by atoms with Crippen LogP contribution in [0.25, 0.3) is 22.2 Å². The second-order valence-electron chi connectivity index (χ2n) is 8.09. The Morgan fingerprint density at radius 1 is 0.889 bits per heavy atom. The van der Waals surface area contributed by atoms with E-state index >= 15 is 0 Å². The fraction of sp³-hybridized carbons (Fsp3) is 0.0333. The van der Waals surface area contributed by atoms with Crippen LogP contribution in [0.3, 0.4) is 0 Å². The Balaban J connectivity index is 1.36. The van der Waals surface area contributed by atoms with Crippen molar-refractivity contribution in [2.24, 2.45) is 5.10 Å². The van der Waals surface area contributed by atoms with Crippen molar-refractivity contribution in [1.29, 1.82) is 0 Å². The minimum absolute atomic E-state index is 0.320. The highest BCUT2D eigenvalue weighted by molar-refractivity contribution is 6.30. The molecule has 5 rings (SSSR count). The first kappa shape index (κ1) is 23.3. The predicted octanol–water partition coefficient (Wildman–Crippen LogP) is 6.90. The van der Waals surface area contributed by atoms with E-state index in [1.54, 1.807) is 12.3 Å². The zero-order chi connectivity index (χ0) is 24.7. The van der Waals surface area contributed by atoms with Gasteiger partial charge in [-0.25, -0.2) is 10.4 Å². The standard InChI is InChI=1S/C30H22ClN3O2/c31-24-13-8-9-21(17-24)20-36-29-16-7-4-12-23(29)19-32-34-30(35)26-18-28(22-10-2-1-3-11-22)33-27-15-6-5-14-25(26)27/h1-19H,20H2,(H,34,35)/b32-19-. The van der Waals surface area contributed by atoms with E-state index in [2.05, 4.69) is 10.5 Å². The highest BCUT2D eigenvalue weighted by atomic mass is 35.5. The van der Waals surface area contributed by atoms with Crippen LogP contribution in [0.15, 0.2) is 114 Å². The van der Waals surface area contributed by atoms with Crippen molar-refractivity contribution in [2.75, 3.05) is 0 Å². The molecule has 1 aromatic heterocycles. The average molecular weight is 492 g/mol. The van der Waals surface area contributed by atoms with E-state index in [1.807, 2.05) is 103 Å². The van der Waals surface area contributed by atoms with Gasteiger partial charge in [0, 0.05) is 21.5 Å². The Kier molecular flexibility index (Phi) is 7.01. The third-order valence-electron chi connectivity index (χ3n) is 5.60. The van der Waals surface area contributed by atoms with Crippen LogP contribution in [0.1, 0.15) is 21.5 Å². The zero-order valence-corrected chi connectivity index (χ0v) is 20.0. The molecule has 0 aliphatic heterocycles. The zero-order valence-electron chi connectivity index (χ0n) is 19.3. The van der Waals surface area contributed by atoms with E-state index in [1.165, 1.54) is 0 Å². The maximum Gasteiger partial charge on any atom is 0.272 e. The van der Waals surface area contributed by atoms with Gasteiger partial charge in [0.05, 0.1) is 23.0 Å². The number of ether oxygens (including phenoxy) is 1. The molecule has 0 bridgehead atoms. The summed E-state index contributed by atoms with van der Waals surface area (Å²) in [7, 11) is 0. The second kappa shape index (κ2) is 10.8. The highest BCUT2D eigenvalue weighted by Crippen LogP contribution is 2.25. The second-order valence-corrected chi connectivity index (χ2v) is 8.53. The summed E-state index contributed by atoms with van der Waals surface area (Å²) >= 11 is 6.07. The van der Waals surface area contributed by atoms with Gasteiger partial charge < -0.3 is 4.74 Å². The number of carbonyl (C=O) groups is 1. The molecule has 6 heteroatoms. The van der Waals surface area contributed by atoms with Gasteiger partial charge in [-0.05, 0) is 42.0 Å². The number of nitrogens with one attached hydrogen (secondary N) is 1. The quantitative estimate of drug-likeness (QED) is 0.199. The van der Waals surface area contributed by atoms with Crippen molar-refractivity contribution in [2.45, 2.75) is 6.61 Å². The van der Waals surface area contributed by atoms with E-state index in [9.17, 15) is 4.79 Å². The van der Waals surface area contributed by atoms with Gasteiger partial charge in [0.1, 0.15) is 12.4 Å². The van der Waals surface area contributed by atoms with Gasteiger partial charge in [-0.3, -0.25) is 4.79 Å². The molecular weight excluding hydrogens is 470 g/mol. The molecule has 0 fully saturated rings. The Morgan fingerprint density at radius 3 is 2.53 bits per heavy atom. The first-order valence-corrected chi connectivity index (χ1v) is 11.8. The molecule has 1 heterocycles. The Labute approximate surface area is 214 Å². The van der Waals surface area contributed by atoms with E-state index in [0.717, 1.165) is 33.3 Å². The lowest BCUT2D eigenvalue weighted by Gasteiger charge is -2.10. The Hall–Kier alpha value is -4.48. The van der Waals surface area contributed by atoms with Crippen molar-refractivity contribution in [3.05, 3.63) is 131 Å². The molecule has 0 aliphatic rings. The highest BCUT2D eigenvalue weighted by Gasteiger charge is 2.13. The molecule has 0 saturated heterocycles. The molecular formula is C30H22ClN3O2. The number of halogens is 1. The molecule has 4 aromatic carbocycles. The number of pyridine rings is 1. The van der Waals surface area contributed by atoms with Crippen LogP contribution in [-0.2, 0) is 6.61 Å². The number of benzene rings is 4. The van der Waals surface area contributed by atoms with Gasteiger partial charge in [0.25, 0.3) is 5.91 Å². The van der Waals surface area contributed by atoms with E-state index < -0.39 is 0 Å². The van der Waals surface area contributed by atoms with Gasteiger partial charge in [-0.2, -0.15) is 5.10 Å². The summed E-state index contributed by atoms with van der Waals surface area (Å²) in [6.45, 7) is 0.364. The lowest BCUT2D eigenvalue weighted by Crippen LogP contribution is -2.18.